The topological polar surface area (TPSA) is 43.9 Å². The lowest BCUT2D eigenvalue weighted by molar-refractivity contribution is -0.138. The van der Waals surface area contributed by atoms with Gasteiger partial charge in [-0.15, -0.1) is 0 Å². The Balaban J connectivity index is 1.77. The SMILES string of the molecule is CN1CCN(C(=O)C2CC(=O)N(c3cc(C(F)(F)F)ccc3Cl)C2)CC1. The van der Waals surface area contributed by atoms with Crippen molar-refractivity contribution in [1.82, 2.24) is 9.80 Å². The molecule has 3 rings (SSSR count). The van der Waals surface area contributed by atoms with Gasteiger partial charge in [-0.05, 0) is 25.2 Å². The number of hydrogen-bond acceptors (Lipinski definition) is 3. The lowest BCUT2D eigenvalue weighted by Gasteiger charge is -2.33. The number of carbonyl (C=O) groups excluding carboxylic acids is 2. The number of carbonyl (C=O) groups is 2. The molecule has 2 saturated heterocycles. The number of hydrogen-bond donors (Lipinski definition) is 0. The second kappa shape index (κ2) is 7.08. The standard InChI is InChI=1S/C17H19ClF3N3O2/c1-22-4-6-23(7-5-22)16(26)11-8-15(25)24(10-11)14-9-12(17(19,20)21)2-3-13(14)18/h2-3,9,11H,4-8,10H2,1H3. The van der Waals surface area contributed by atoms with Crippen LogP contribution in [0.4, 0.5) is 18.9 Å². The van der Waals surface area contributed by atoms with E-state index in [4.69, 9.17) is 11.6 Å². The van der Waals surface area contributed by atoms with E-state index in [1.807, 2.05) is 7.05 Å². The van der Waals surface area contributed by atoms with Crippen molar-refractivity contribution in [3.63, 3.8) is 0 Å². The fourth-order valence-electron chi connectivity index (χ4n) is 3.29. The maximum atomic E-state index is 13.0. The summed E-state index contributed by atoms with van der Waals surface area (Å²) in [6.45, 7) is 2.74. The van der Waals surface area contributed by atoms with Crippen LogP contribution in [0, 0.1) is 5.92 Å². The normalized spacial score (nSPS) is 22.2. The molecule has 0 N–H and O–H groups in total. The molecule has 0 aromatic heterocycles. The van der Waals surface area contributed by atoms with Crippen LogP contribution in [0.3, 0.4) is 0 Å². The molecule has 2 fully saturated rings. The number of amides is 2. The minimum atomic E-state index is -4.53. The molecule has 2 aliphatic rings. The lowest BCUT2D eigenvalue weighted by Crippen LogP contribution is -2.49. The van der Waals surface area contributed by atoms with Crippen LogP contribution in [0.2, 0.25) is 5.02 Å². The molecule has 26 heavy (non-hydrogen) atoms. The van der Waals surface area contributed by atoms with Gasteiger partial charge in [0.15, 0.2) is 0 Å². The van der Waals surface area contributed by atoms with E-state index in [2.05, 4.69) is 4.90 Å². The Morgan fingerprint density at radius 1 is 1.19 bits per heavy atom. The van der Waals surface area contributed by atoms with E-state index in [-0.39, 0.29) is 29.6 Å². The second-order valence-electron chi connectivity index (χ2n) is 6.70. The quantitative estimate of drug-likeness (QED) is 0.780. The van der Waals surface area contributed by atoms with Crippen LogP contribution in [0.1, 0.15) is 12.0 Å². The number of anilines is 1. The van der Waals surface area contributed by atoms with E-state index in [0.29, 0.717) is 13.1 Å². The van der Waals surface area contributed by atoms with E-state index in [9.17, 15) is 22.8 Å². The summed E-state index contributed by atoms with van der Waals surface area (Å²) in [5.74, 6) is -1.08. The first-order valence-electron chi connectivity index (χ1n) is 8.31. The Morgan fingerprint density at radius 3 is 2.46 bits per heavy atom. The first-order chi connectivity index (χ1) is 12.2. The number of rotatable bonds is 2. The molecular formula is C17H19ClF3N3O2. The van der Waals surface area contributed by atoms with Gasteiger partial charge in [-0.3, -0.25) is 9.59 Å². The predicted molar refractivity (Wildman–Crippen MR) is 91.0 cm³/mol. The van der Waals surface area contributed by atoms with Crippen LogP contribution >= 0.6 is 11.6 Å². The fourth-order valence-corrected chi connectivity index (χ4v) is 3.51. The van der Waals surface area contributed by atoms with Crippen molar-refractivity contribution in [1.29, 1.82) is 0 Å². The number of likely N-dealkylation sites (N-methyl/N-ethyl adjacent to an activating group) is 1. The zero-order valence-corrected chi connectivity index (χ0v) is 15.0. The van der Waals surface area contributed by atoms with E-state index < -0.39 is 23.6 Å². The zero-order chi connectivity index (χ0) is 19.1. The summed E-state index contributed by atoms with van der Waals surface area (Å²) in [6, 6.07) is 2.87. The molecule has 2 heterocycles. The fraction of sp³-hybridized carbons (Fsp3) is 0.529. The Hall–Kier alpha value is -1.80. The van der Waals surface area contributed by atoms with Crippen molar-refractivity contribution in [2.75, 3.05) is 44.7 Å². The molecule has 1 atom stereocenters. The number of piperazine rings is 1. The second-order valence-corrected chi connectivity index (χ2v) is 7.11. The Labute approximate surface area is 154 Å². The lowest BCUT2D eigenvalue weighted by atomic mass is 10.1. The van der Waals surface area contributed by atoms with Crippen LogP contribution in [-0.4, -0.2) is 61.4 Å². The Morgan fingerprint density at radius 2 is 1.85 bits per heavy atom. The summed E-state index contributed by atoms with van der Waals surface area (Å²) in [6.07, 6.45) is -4.55. The average Bonchev–Trinajstić information content (AvgIpc) is 2.96. The average molecular weight is 390 g/mol. The minimum Gasteiger partial charge on any atom is -0.340 e. The van der Waals surface area contributed by atoms with Crippen molar-refractivity contribution < 1.29 is 22.8 Å². The minimum absolute atomic E-state index is 0.000157. The summed E-state index contributed by atoms with van der Waals surface area (Å²) in [5, 5.41) is 0.0547. The van der Waals surface area contributed by atoms with Crippen molar-refractivity contribution >= 4 is 29.1 Å². The van der Waals surface area contributed by atoms with Crippen LogP contribution in [0.15, 0.2) is 18.2 Å². The molecule has 0 aliphatic carbocycles. The van der Waals surface area contributed by atoms with E-state index >= 15 is 0 Å². The summed E-state index contributed by atoms with van der Waals surface area (Å²) >= 11 is 6.02. The van der Waals surface area contributed by atoms with Gasteiger partial charge in [0.05, 0.1) is 22.2 Å². The van der Waals surface area contributed by atoms with Crippen molar-refractivity contribution in [2.24, 2.45) is 5.92 Å². The molecule has 1 aromatic carbocycles. The van der Waals surface area contributed by atoms with E-state index in [1.54, 1.807) is 4.90 Å². The van der Waals surface area contributed by atoms with Crippen LogP contribution in [0.25, 0.3) is 0 Å². The first-order valence-corrected chi connectivity index (χ1v) is 8.69. The van der Waals surface area contributed by atoms with Crippen molar-refractivity contribution in [3.8, 4) is 0 Å². The van der Waals surface area contributed by atoms with Crippen molar-refractivity contribution in [3.05, 3.63) is 28.8 Å². The van der Waals surface area contributed by atoms with Gasteiger partial charge < -0.3 is 14.7 Å². The summed E-state index contributed by atoms with van der Waals surface area (Å²) in [7, 11) is 1.97. The van der Waals surface area contributed by atoms with Crippen LogP contribution in [0.5, 0.6) is 0 Å². The molecule has 1 aromatic rings. The van der Waals surface area contributed by atoms with Gasteiger partial charge >= 0.3 is 6.18 Å². The van der Waals surface area contributed by atoms with Gasteiger partial charge in [0.2, 0.25) is 11.8 Å². The molecule has 0 bridgehead atoms. The molecule has 1 unspecified atom stereocenters. The highest BCUT2D eigenvalue weighted by Gasteiger charge is 2.39. The number of halogens is 4. The third-order valence-electron chi connectivity index (χ3n) is 4.85. The number of benzene rings is 1. The summed E-state index contributed by atoms with van der Waals surface area (Å²) < 4.78 is 38.9. The summed E-state index contributed by atoms with van der Waals surface area (Å²) in [5.41, 5.74) is -0.876. The van der Waals surface area contributed by atoms with Crippen LogP contribution < -0.4 is 4.90 Å². The molecule has 9 heteroatoms. The smallest absolute Gasteiger partial charge is 0.340 e. The molecule has 0 spiro atoms. The predicted octanol–water partition coefficient (Wildman–Crippen LogP) is 2.49. The molecule has 5 nitrogen and oxygen atoms in total. The monoisotopic (exact) mass is 389 g/mol. The first kappa shape index (κ1) is 19.0. The highest BCUT2D eigenvalue weighted by Crippen LogP contribution is 2.37. The molecular weight excluding hydrogens is 371 g/mol. The number of alkyl halides is 3. The molecule has 2 aliphatic heterocycles. The zero-order valence-electron chi connectivity index (χ0n) is 14.2. The number of nitrogens with zero attached hydrogens (tertiary/aromatic N) is 3. The highest BCUT2D eigenvalue weighted by molar-refractivity contribution is 6.34. The highest BCUT2D eigenvalue weighted by atomic mass is 35.5. The van der Waals surface area contributed by atoms with Gasteiger partial charge in [0.1, 0.15) is 0 Å². The van der Waals surface area contributed by atoms with Gasteiger partial charge in [-0.2, -0.15) is 13.2 Å². The van der Waals surface area contributed by atoms with Gasteiger partial charge in [0, 0.05) is 39.1 Å². The molecule has 0 saturated carbocycles. The van der Waals surface area contributed by atoms with E-state index in [0.717, 1.165) is 31.3 Å². The Kier molecular flexibility index (Phi) is 5.16. The third-order valence-corrected chi connectivity index (χ3v) is 5.17. The molecule has 142 valence electrons. The maximum absolute atomic E-state index is 13.0. The molecule has 2 amide bonds. The van der Waals surface area contributed by atoms with Gasteiger partial charge in [-0.1, -0.05) is 11.6 Å². The summed E-state index contributed by atoms with van der Waals surface area (Å²) in [4.78, 5) is 30.0. The van der Waals surface area contributed by atoms with E-state index in [1.165, 1.54) is 4.90 Å². The van der Waals surface area contributed by atoms with Gasteiger partial charge in [-0.25, -0.2) is 0 Å². The third kappa shape index (κ3) is 3.81. The van der Waals surface area contributed by atoms with Crippen molar-refractivity contribution in [2.45, 2.75) is 12.6 Å². The van der Waals surface area contributed by atoms with Gasteiger partial charge in [0.25, 0.3) is 0 Å². The largest absolute Gasteiger partial charge is 0.416 e. The maximum Gasteiger partial charge on any atom is 0.416 e. The molecule has 0 radical (unpaired) electrons. The van der Waals surface area contributed by atoms with Crippen LogP contribution in [-0.2, 0) is 15.8 Å². The Bertz CT molecular complexity index is 718.